The van der Waals surface area contributed by atoms with E-state index in [2.05, 4.69) is 26.6 Å². The molecule has 0 spiro atoms. The van der Waals surface area contributed by atoms with Crippen LogP contribution in [0.15, 0.2) is 78.9 Å². The number of nitrogens with one attached hydrogen (secondary N) is 5. The second-order valence-electron chi connectivity index (χ2n) is 16.5. The third-order valence-corrected chi connectivity index (χ3v) is 11.2. The average molecular weight is 945 g/mol. The lowest BCUT2D eigenvalue weighted by molar-refractivity contribution is -0.145. The van der Waals surface area contributed by atoms with E-state index in [1.165, 1.54) is 55.1 Å². The third kappa shape index (κ3) is 16.5. The number of carbonyl (C=O) groups excluding carboxylic acids is 8. The molecular formula is C47H60N8O13. The van der Waals surface area contributed by atoms with Crippen molar-refractivity contribution >= 4 is 53.2 Å². The normalized spacial score (nSPS) is 15.4. The summed E-state index contributed by atoms with van der Waals surface area (Å²) in [6.07, 6.45) is 0.961. The van der Waals surface area contributed by atoms with Gasteiger partial charge in [0.2, 0.25) is 47.3 Å². The van der Waals surface area contributed by atoms with Gasteiger partial charge in [0.05, 0.1) is 19.2 Å². The molecule has 68 heavy (non-hydrogen) atoms. The molecule has 0 saturated carbocycles. The number of aromatic hydroxyl groups is 2. The van der Waals surface area contributed by atoms with Gasteiger partial charge in [0, 0.05) is 39.8 Å². The zero-order valence-corrected chi connectivity index (χ0v) is 37.9. The molecule has 6 atom stereocenters. The summed E-state index contributed by atoms with van der Waals surface area (Å²) in [4.78, 5) is 120. The highest BCUT2D eigenvalue weighted by molar-refractivity contribution is 5.97. The van der Waals surface area contributed by atoms with Gasteiger partial charge >= 0.3 is 5.97 Å². The predicted molar refractivity (Wildman–Crippen MR) is 244 cm³/mol. The van der Waals surface area contributed by atoms with E-state index in [9.17, 15) is 63.6 Å². The van der Waals surface area contributed by atoms with Crippen LogP contribution in [0.1, 0.15) is 62.6 Å². The summed E-state index contributed by atoms with van der Waals surface area (Å²) < 4.78 is 0. The summed E-state index contributed by atoms with van der Waals surface area (Å²) in [5.74, 6) is -7.03. The number of imide groups is 1. The Kier molecular flexibility index (Phi) is 20.4. The minimum atomic E-state index is -1.61. The lowest BCUT2D eigenvalue weighted by Crippen LogP contribution is -2.58. The second kappa shape index (κ2) is 26.1. The molecule has 1 fully saturated rings. The molecule has 1 heterocycles. The number of carbonyl (C=O) groups is 9. The summed E-state index contributed by atoms with van der Waals surface area (Å²) in [6, 6.07) is 12.8. The van der Waals surface area contributed by atoms with Crippen LogP contribution >= 0.6 is 0 Å². The van der Waals surface area contributed by atoms with E-state index >= 15 is 0 Å². The fraction of sp³-hybridized carbons (Fsp3) is 0.426. The molecule has 1 aliphatic heterocycles. The van der Waals surface area contributed by atoms with E-state index in [0.29, 0.717) is 23.1 Å². The molecule has 4 rings (SSSR count). The smallest absolute Gasteiger partial charge is 0.328 e. The van der Waals surface area contributed by atoms with Crippen molar-refractivity contribution in [2.75, 3.05) is 26.2 Å². The fourth-order valence-electron chi connectivity index (χ4n) is 7.57. The number of phenols is 2. The van der Waals surface area contributed by atoms with Crippen LogP contribution in [0.4, 0.5) is 0 Å². The van der Waals surface area contributed by atoms with Crippen molar-refractivity contribution in [3.63, 3.8) is 0 Å². The molecule has 21 nitrogen and oxygen atoms in total. The first-order chi connectivity index (χ1) is 32.4. The number of carboxylic acids is 1. The number of aliphatic hydroxyl groups is 1. The number of nitrogens with zero attached hydrogens (tertiary/aromatic N) is 2. The standard InChI is InChI=1S/C47H60N8O13/c1-28(57)54(29(2)58)21-7-6-11-36(51-42(62)35(48)23-31-13-17-33(59)18-14-31)44(64)52-37(24-30-9-4-3-5-10-30)43(63)49-26-41(61)50-38(25-32-15-19-34(60)20-16-32)46(66)55-22-8-12-40(55)45(65)53-39(27-56)47(67)68/h3-5,9-10,13-20,35-40,56,59-60H,6-8,11-12,21-27,48H2,1-2H3,(H,49,63)(H,50,61)(H,51,62)(H,52,64)(H,53,65)(H,67,68)/t35-,36+,37-,38-,39-,40-/m0/s1. The van der Waals surface area contributed by atoms with Gasteiger partial charge in [-0.2, -0.15) is 0 Å². The Hall–Kier alpha value is -7.39. The Balaban J connectivity index is 1.51. The van der Waals surface area contributed by atoms with E-state index in [-0.39, 0.29) is 69.5 Å². The summed E-state index contributed by atoms with van der Waals surface area (Å²) in [6.45, 7) is 1.07. The number of hydrogen-bond acceptors (Lipinski definition) is 13. The van der Waals surface area contributed by atoms with E-state index in [1.54, 1.807) is 42.5 Å². The first-order valence-electron chi connectivity index (χ1n) is 22.1. The molecule has 0 unspecified atom stereocenters. The minimum Gasteiger partial charge on any atom is -0.508 e. The van der Waals surface area contributed by atoms with Gasteiger partial charge in [-0.1, -0.05) is 54.6 Å². The zero-order valence-electron chi connectivity index (χ0n) is 37.9. The zero-order chi connectivity index (χ0) is 49.9. The van der Waals surface area contributed by atoms with E-state index in [0.717, 1.165) is 4.90 Å². The molecule has 0 aliphatic carbocycles. The monoisotopic (exact) mass is 944 g/mol. The van der Waals surface area contributed by atoms with Gasteiger partial charge in [0.15, 0.2) is 0 Å². The van der Waals surface area contributed by atoms with Gasteiger partial charge in [0.25, 0.3) is 0 Å². The third-order valence-electron chi connectivity index (χ3n) is 11.2. The van der Waals surface area contributed by atoms with Crippen molar-refractivity contribution < 1.29 is 63.6 Å². The highest BCUT2D eigenvalue weighted by Gasteiger charge is 2.39. The van der Waals surface area contributed by atoms with Crippen LogP contribution in [-0.4, -0.2) is 146 Å². The summed E-state index contributed by atoms with van der Waals surface area (Å²) in [5.41, 5.74) is 8.01. The first kappa shape index (κ1) is 53.2. The molecule has 1 aliphatic rings. The number of aliphatic carboxylic acids is 1. The number of likely N-dealkylation sites (tertiary alicyclic amines) is 1. The number of benzene rings is 3. The van der Waals surface area contributed by atoms with Crippen LogP contribution in [0.2, 0.25) is 0 Å². The van der Waals surface area contributed by atoms with Crippen LogP contribution < -0.4 is 32.3 Å². The molecular weight excluding hydrogens is 885 g/mol. The molecule has 0 radical (unpaired) electrons. The Labute approximate surface area is 392 Å². The molecule has 8 amide bonds. The van der Waals surface area contributed by atoms with Crippen LogP contribution in [0, 0.1) is 0 Å². The number of rotatable bonds is 24. The Morgan fingerprint density at radius 2 is 1.24 bits per heavy atom. The summed E-state index contributed by atoms with van der Waals surface area (Å²) in [7, 11) is 0. The molecule has 3 aromatic rings. The lowest BCUT2D eigenvalue weighted by atomic mass is 10.0. The van der Waals surface area contributed by atoms with Crippen molar-refractivity contribution in [2.24, 2.45) is 5.73 Å². The van der Waals surface area contributed by atoms with Crippen molar-refractivity contribution in [3.05, 3.63) is 95.6 Å². The molecule has 21 heteroatoms. The number of hydrogen-bond donors (Lipinski definition) is 10. The van der Waals surface area contributed by atoms with Crippen LogP contribution in [0.5, 0.6) is 11.5 Å². The van der Waals surface area contributed by atoms with Gasteiger partial charge in [-0.15, -0.1) is 0 Å². The second-order valence-corrected chi connectivity index (χ2v) is 16.5. The lowest BCUT2D eigenvalue weighted by Gasteiger charge is -2.29. The summed E-state index contributed by atoms with van der Waals surface area (Å²) in [5, 5.41) is 51.0. The quantitative estimate of drug-likeness (QED) is 0.0489. The molecule has 0 aromatic heterocycles. The van der Waals surface area contributed by atoms with Gasteiger partial charge in [-0.05, 0) is 79.5 Å². The molecule has 1 saturated heterocycles. The van der Waals surface area contributed by atoms with Crippen LogP contribution in [-0.2, 0) is 62.4 Å². The van der Waals surface area contributed by atoms with Crippen LogP contribution in [0.3, 0.4) is 0 Å². The van der Waals surface area contributed by atoms with Crippen molar-refractivity contribution in [1.82, 2.24) is 36.4 Å². The molecule has 0 bridgehead atoms. The highest BCUT2D eigenvalue weighted by atomic mass is 16.4. The van der Waals surface area contributed by atoms with Crippen molar-refractivity contribution in [1.29, 1.82) is 0 Å². The predicted octanol–water partition coefficient (Wildman–Crippen LogP) is -0.858. The van der Waals surface area contributed by atoms with Crippen molar-refractivity contribution in [3.8, 4) is 11.5 Å². The molecule has 3 aromatic carbocycles. The maximum absolute atomic E-state index is 14.1. The Morgan fingerprint density at radius 1 is 0.676 bits per heavy atom. The van der Waals surface area contributed by atoms with Gasteiger partial charge in [0.1, 0.15) is 41.7 Å². The number of amides is 8. The molecule has 366 valence electrons. The maximum Gasteiger partial charge on any atom is 0.328 e. The number of phenolic OH excluding ortho intramolecular Hbond substituents is 2. The van der Waals surface area contributed by atoms with E-state index < -0.39 is 103 Å². The Morgan fingerprint density at radius 3 is 1.81 bits per heavy atom. The number of nitrogens with two attached hydrogens (primary N) is 1. The highest BCUT2D eigenvalue weighted by Crippen LogP contribution is 2.21. The SMILES string of the molecule is CC(=O)N(CCCC[C@@H](NC(=O)[C@@H](N)Cc1ccc(O)cc1)C(=O)N[C@@H](Cc1ccccc1)C(=O)NCC(=O)N[C@@H](Cc1ccc(O)cc1)C(=O)N1CCC[C@H]1C(=O)N[C@@H](CO)C(=O)O)C(C)=O. The average Bonchev–Trinajstić information content (AvgIpc) is 3.80. The maximum atomic E-state index is 14.1. The van der Waals surface area contributed by atoms with Crippen molar-refractivity contribution in [2.45, 2.75) is 101 Å². The van der Waals surface area contributed by atoms with Gasteiger partial charge in [-0.3, -0.25) is 43.3 Å². The number of aliphatic hydroxyl groups excluding tert-OH is 1. The fourth-order valence-corrected chi connectivity index (χ4v) is 7.57. The van der Waals surface area contributed by atoms with Gasteiger partial charge in [-0.25, -0.2) is 4.79 Å². The largest absolute Gasteiger partial charge is 0.508 e. The minimum absolute atomic E-state index is 0.00674. The summed E-state index contributed by atoms with van der Waals surface area (Å²) >= 11 is 0. The Bertz CT molecular complexity index is 2230. The van der Waals surface area contributed by atoms with Crippen LogP contribution in [0.25, 0.3) is 0 Å². The van der Waals surface area contributed by atoms with E-state index in [4.69, 9.17) is 5.73 Å². The number of carboxylic acid groups (broad SMARTS) is 1. The van der Waals surface area contributed by atoms with E-state index in [1.807, 2.05) is 0 Å². The first-order valence-corrected chi connectivity index (χ1v) is 22.1. The topological polar surface area (TPSA) is 327 Å². The number of unbranched alkanes of at least 4 members (excludes halogenated alkanes) is 1. The van der Waals surface area contributed by atoms with Gasteiger partial charge < -0.3 is 57.6 Å². The molecule has 11 N–H and O–H groups in total.